The first-order chi connectivity index (χ1) is 20.5. The molecular formula is C32H41N7O2S. The number of ether oxygens (including phenoxy) is 1. The van der Waals surface area contributed by atoms with E-state index in [0.717, 1.165) is 48.8 Å². The van der Waals surface area contributed by atoms with Crippen LogP contribution in [-0.2, 0) is 17.8 Å². The van der Waals surface area contributed by atoms with Crippen LogP contribution in [0.25, 0.3) is 0 Å². The van der Waals surface area contributed by atoms with Crippen molar-refractivity contribution in [3.63, 3.8) is 0 Å². The number of carbonyl (C=O) groups excluding carboxylic acids is 1. The van der Waals surface area contributed by atoms with Crippen molar-refractivity contribution in [2.75, 3.05) is 61.9 Å². The van der Waals surface area contributed by atoms with Gasteiger partial charge in [-0.15, -0.1) is 11.8 Å². The zero-order chi connectivity index (χ0) is 29.2. The van der Waals surface area contributed by atoms with E-state index < -0.39 is 0 Å². The summed E-state index contributed by atoms with van der Waals surface area (Å²) in [6.07, 6.45) is 5.96. The molecule has 0 spiro atoms. The summed E-state index contributed by atoms with van der Waals surface area (Å²) >= 11 is 1.98. The Kier molecular flexibility index (Phi) is 8.59. The fraction of sp³-hybridized carbons (Fsp3) is 0.562. The van der Waals surface area contributed by atoms with E-state index in [1.165, 1.54) is 35.1 Å². The second kappa shape index (κ2) is 12.5. The Hall–Kier alpha value is -3.29. The lowest BCUT2D eigenvalue weighted by Gasteiger charge is -2.42. The molecule has 2 saturated heterocycles. The summed E-state index contributed by atoms with van der Waals surface area (Å²) < 4.78 is 6.31. The number of benzene rings is 1. The fourth-order valence-electron chi connectivity index (χ4n) is 6.85. The monoisotopic (exact) mass is 587 g/mol. The quantitative estimate of drug-likeness (QED) is 0.442. The molecule has 1 unspecified atom stereocenters. The molecule has 6 rings (SSSR count). The maximum Gasteiger partial charge on any atom is 0.318 e. The smallest absolute Gasteiger partial charge is 0.318 e. The van der Waals surface area contributed by atoms with E-state index in [4.69, 9.17) is 14.7 Å². The largest absolute Gasteiger partial charge is 0.462 e. The Labute approximate surface area is 253 Å². The Bertz CT molecular complexity index is 1380. The SMILES string of the molecule is C=CC(=O)N1CCN(c2nc(OC[C@@H]3CCCN3C)nc3c2CCN(c2cccc4c2SCCC4C)C3)C[C@@H]1CC#N. The van der Waals surface area contributed by atoms with Gasteiger partial charge >= 0.3 is 6.01 Å². The number of fused-ring (bicyclic) bond motifs is 2. The highest BCUT2D eigenvalue weighted by molar-refractivity contribution is 7.99. The summed E-state index contributed by atoms with van der Waals surface area (Å²) in [5.74, 6) is 2.49. The van der Waals surface area contributed by atoms with E-state index in [2.05, 4.69) is 59.5 Å². The molecule has 0 radical (unpaired) electrons. The van der Waals surface area contributed by atoms with Crippen LogP contribution in [0.2, 0.25) is 0 Å². The van der Waals surface area contributed by atoms with Gasteiger partial charge in [-0.25, -0.2) is 0 Å². The van der Waals surface area contributed by atoms with Gasteiger partial charge in [-0.05, 0) is 68.7 Å². The van der Waals surface area contributed by atoms with E-state index in [1.54, 1.807) is 4.90 Å². The minimum atomic E-state index is -0.216. The van der Waals surface area contributed by atoms with Crippen molar-refractivity contribution in [2.45, 2.75) is 68.5 Å². The molecule has 1 aromatic carbocycles. The van der Waals surface area contributed by atoms with Crippen LogP contribution in [0.4, 0.5) is 11.5 Å². The van der Waals surface area contributed by atoms with E-state index in [0.29, 0.717) is 50.8 Å². The number of nitrogens with zero attached hydrogens (tertiary/aromatic N) is 7. The van der Waals surface area contributed by atoms with Gasteiger partial charge < -0.3 is 24.3 Å². The third-order valence-electron chi connectivity index (χ3n) is 9.36. The molecule has 1 amide bonds. The Morgan fingerprint density at radius 2 is 2.07 bits per heavy atom. The number of likely N-dealkylation sites (N-methyl/N-ethyl adjacent to an activating group) is 1. The third kappa shape index (κ3) is 5.69. The maximum atomic E-state index is 12.5. The molecule has 0 aliphatic carbocycles. The van der Waals surface area contributed by atoms with Gasteiger partial charge in [0, 0.05) is 42.7 Å². The molecule has 4 aliphatic rings. The molecule has 0 N–H and O–H groups in total. The van der Waals surface area contributed by atoms with Gasteiger partial charge in [0.15, 0.2) is 0 Å². The van der Waals surface area contributed by atoms with E-state index in [9.17, 15) is 10.1 Å². The average Bonchev–Trinajstić information content (AvgIpc) is 3.43. The lowest BCUT2D eigenvalue weighted by Crippen LogP contribution is -2.55. The number of nitriles is 1. The molecule has 3 atom stereocenters. The molecule has 42 heavy (non-hydrogen) atoms. The summed E-state index contributed by atoms with van der Waals surface area (Å²) in [6, 6.07) is 9.59. The second-order valence-corrected chi connectivity index (χ2v) is 13.1. The summed E-state index contributed by atoms with van der Waals surface area (Å²) in [7, 11) is 2.15. The van der Waals surface area contributed by atoms with Crippen molar-refractivity contribution in [3.05, 3.63) is 47.7 Å². The van der Waals surface area contributed by atoms with E-state index in [1.807, 2.05) is 11.8 Å². The molecule has 2 fully saturated rings. The van der Waals surface area contributed by atoms with Crippen LogP contribution >= 0.6 is 11.8 Å². The van der Waals surface area contributed by atoms with Gasteiger partial charge in [-0.1, -0.05) is 25.6 Å². The highest BCUT2D eigenvalue weighted by Crippen LogP contribution is 2.44. The number of hydrogen-bond donors (Lipinski definition) is 0. The lowest BCUT2D eigenvalue weighted by molar-refractivity contribution is -0.128. The molecule has 9 nitrogen and oxygen atoms in total. The normalized spacial score (nSPS) is 24.1. The van der Waals surface area contributed by atoms with Gasteiger partial charge in [-0.2, -0.15) is 15.2 Å². The molecule has 222 valence electrons. The molecule has 4 aliphatic heterocycles. The number of thioether (sulfide) groups is 1. The Balaban J connectivity index is 1.31. The van der Waals surface area contributed by atoms with Crippen LogP contribution in [0.15, 0.2) is 35.7 Å². The fourth-order valence-corrected chi connectivity index (χ4v) is 8.30. The summed E-state index contributed by atoms with van der Waals surface area (Å²) in [4.78, 5) is 32.8. The van der Waals surface area contributed by atoms with Gasteiger partial charge in [0.25, 0.3) is 0 Å². The lowest BCUT2D eigenvalue weighted by atomic mass is 9.96. The van der Waals surface area contributed by atoms with Crippen molar-refractivity contribution < 1.29 is 9.53 Å². The van der Waals surface area contributed by atoms with Crippen molar-refractivity contribution in [2.24, 2.45) is 0 Å². The summed E-state index contributed by atoms with van der Waals surface area (Å²) in [6.45, 7) is 11.0. The highest BCUT2D eigenvalue weighted by atomic mass is 32.2. The number of amides is 1. The van der Waals surface area contributed by atoms with E-state index in [-0.39, 0.29) is 18.4 Å². The number of piperazine rings is 1. The van der Waals surface area contributed by atoms with Gasteiger partial charge in [-0.3, -0.25) is 4.79 Å². The van der Waals surface area contributed by atoms with Crippen molar-refractivity contribution >= 4 is 29.2 Å². The number of aromatic nitrogens is 2. The third-order valence-corrected chi connectivity index (χ3v) is 10.5. The molecule has 10 heteroatoms. The molecule has 0 saturated carbocycles. The molecule has 5 heterocycles. The molecular weight excluding hydrogens is 546 g/mol. The minimum Gasteiger partial charge on any atom is -0.462 e. The van der Waals surface area contributed by atoms with Crippen LogP contribution < -0.4 is 14.5 Å². The maximum absolute atomic E-state index is 12.5. The van der Waals surface area contributed by atoms with Crippen LogP contribution in [0, 0.1) is 11.3 Å². The van der Waals surface area contributed by atoms with Crippen LogP contribution in [0.1, 0.15) is 55.3 Å². The van der Waals surface area contributed by atoms with Gasteiger partial charge in [0.05, 0.1) is 36.5 Å². The highest BCUT2D eigenvalue weighted by Gasteiger charge is 2.34. The number of likely N-dealkylation sites (tertiary alicyclic amines) is 1. The van der Waals surface area contributed by atoms with E-state index >= 15 is 0 Å². The zero-order valence-corrected chi connectivity index (χ0v) is 25.6. The molecule has 1 aromatic heterocycles. The van der Waals surface area contributed by atoms with Crippen LogP contribution in [-0.4, -0.2) is 89.9 Å². The van der Waals surface area contributed by atoms with Crippen molar-refractivity contribution in [1.82, 2.24) is 19.8 Å². The van der Waals surface area contributed by atoms with Crippen molar-refractivity contribution in [3.8, 4) is 12.1 Å². The number of hydrogen-bond acceptors (Lipinski definition) is 9. The van der Waals surface area contributed by atoms with Crippen molar-refractivity contribution in [1.29, 1.82) is 5.26 Å². The number of carbonyl (C=O) groups is 1. The molecule has 0 bridgehead atoms. The van der Waals surface area contributed by atoms with Gasteiger partial charge in [0.2, 0.25) is 5.91 Å². The Morgan fingerprint density at radius 3 is 2.86 bits per heavy atom. The predicted octanol–water partition coefficient (Wildman–Crippen LogP) is 4.23. The minimum absolute atomic E-state index is 0.127. The number of anilines is 2. The molecule has 2 aromatic rings. The average molecular weight is 588 g/mol. The van der Waals surface area contributed by atoms with Gasteiger partial charge in [0.1, 0.15) is 12.4 Å². The van der Waals surface area contributed by atoms with Crippen LogP contribution in [0.5, 0.6) is 6.01 Å². The standard InChI is InChI=1S/C32H41N7O2S/c1-4-29(40)39-17-16-38(19-23(39)10-13-33)31-26-11-15-37(28-9-5-8-25-22(2)12-18-42-30(25)28)20-27(26)34-32(35-31)41-21-24-7-6-14-36(24)3/h4-5,8-9,22-24H,1,6-7,10-12,14-21H2,2-3H3/t22?,23-,24-/m0/s1. The first-order valence-electron chi connectivity index (χ1n) is 15.2. The Morgan fingerprint density at radius 1 is 1.19 bits per heavy atom. The zero-order valence-electron chi connectivity index (χ0n) is 24.8. The second-order valence-electron chi connectivity index (χ2n) is 11.9. The topological polar surface area (TPSA) is 88.8 Å². The summed E-state index contributed by atoms with van der Waals surface area (Å²) in [5.41, 5.74) is 4.92. The first kappa shape index (κ1) is 28.8. The number of rotatable bonds is 7. The first-order valence-corrected chi connectivity index (χ1v) is 16.2. The predicted molar refractivity (Wildman–Crippen MR) is 166 cm³/mol. The van der Waals surface area contributed by atoms with Crippen LogP contribution in [0.3, 0.4) is 0 Å². The summed E-state index contributed by atoms with van der Waals surface area (Å²) in [5, 5.41) is 9.53.